The summed E-state index contributed by atoms with van der Waals surface area (Å²) in [5, 5.41) is 3.34. The summed E-state index contributed by atoms with van der Waals surface area (Å²) in [5.41, 5.74) is 0.785. The second-order valence-corrected chi connectivity index (χ2v) is 8.72. The lowest BCUT2D eigenvalue weighted by atomic mass is 10.2. The van der Waals surface area contributed by atoms with Gasteiger partial charge in [-0.1, -0.05) is 22.0 Å². The van der Waals surface area contributed by atoms with E-state index in [1.807, 2.05) is 13.0 Å². The van der Waals surface area contributed by atoms with E-state index in [2.05, 4.69) is 26.1 Å². The summed E-state index contributed by atoms with van der Waals surface area (Å²) in [5.74, 6) is 0. The number of rotatable bonds is 3. The van der Waals surface area contributed by atoms with E-state index in [9.17, 15) is 8.42 Å². The molecule has 5 nitrogen and oxygen atoms in total. The van der Waals surface area contributed by atoms with Crippen molar-refractivity contribution in [1.29, 1.82) is 0 Å². The molecule has 0 spiro atoms. The topological polar surface area (TPSA) is 52.7 Å². The SMILES string of the molecule is Cc1c(Br)cccc1S(=O)(=O)N1CCC(N2CCNCC2)C1. The first-order valence-corrected chi connectivity index (χ1v) is 9.93. The maximum Gasteiger partial charge on any atom is 0.243 e. The molecular weight excluding hydrogens is 366 g/mol. The molecule has 0 saturated carbocycles. The lowest BCUT2D eigenvalue weighted by molar-refractivity contribution is 0.179. The van der Waals surface area contributed by atoms with Gasteiger partial charge in [0.1, 0.15) is 0 Å². The summed E-state index contributed by atoms with van der Waals surface area (Å²) >= 11 is 3.42. The highest BCUT2D eigenvalue weighted by molar-refractivity contribution is 9.10. The van der Waals surface area contributed by atoms with Crippen molar-refractivity contribution in [2.45, 2.75) is 24.3 Å². The minimum Gasteiger partial charge on any atom is -0.314 e. The van der Waals surface area contributed by atoms with Gasteiger partial charge < -0.3 is 5.32 Å². The smallest absolute Gasteiger partial charge is 0.243 e. The van der Waals surface area contributed by atoms with Crippen molar-refractivity contribution in [2.75, 3.05) is 39.3 Å². The molecule has 0 amide bonds. The largest absolute Gasteiger partial charge is 0.314 e. The Labute approximate surface area is 140 Å². The van der Waals surface area contributed by atoms with E-state index in [1.165, 1.54) is 0 Å². The molecule has 1 aromatic rings. The van der Waals surface area contributed by atoms with Crippen LogP contribution in [0.3, 0.4) is 0 Å². The molecule has 3 rings (SSSR count). The minimum atomic E-state index is -3.40. The fraction of sp³-hybridized carbons (Fsp3) is 0.600. The minimum absolute atomic E-state index is 0.351. The van der Waals surface area contributed by atoms with Gasteiger partial charge in [0.05, 0.1) is 4.90 Å². The van der Waals surface area contributed by atoms with Crippen LogP contribution in [0.1, 0.15) is 12.0 Å². The Bertz CT molecular complexity index is 644. The molecule has 22 heavy (non-hydrogen) atoms. The number of halogens is 1. The van der Waals surface area contributed by atoms with Crippen LogP contribution in [0.4, 0.5) is 0 Å². The number of hydrogen-bond donors (Lipinski definition) is 1. The third kappa shape index (κ3) is 3.10. The maximum atomic E-state index is 12.9. The van der Waals surface area contributed by atoms with E-state index in [0.717, 1.165) is 42.6 Å². The summed E-state index contributed by atoms with van der Waals surface area (Å²) in [4.78, 5) is 2.84. The number of sulfonamides is 1. The highest BCUT2D eigenvalue weighted by Crippen LogP contribution is 2.29. The third-order valence-electron chi connectivity index (χ3n) is 4.63. The molecule has 122 valence electrons. The van der Waals surface area contributed by atoms with Crippen LogP contribution in [0, 0.1) is 6.92 Å². The Morgan fingerprint density at radius 1 is 1.23 bits per heavy atom. The highest BCUT2D eigenvalue weighted by Gasteiger charge is 2.36. The zero-order valence-corrected chi connectivity index (χ0v) is 15.2. The van der Waals surface area contributed by atoms with E-state index >= 15 is 0 Å². The van der Waals surface area contributed by atoms with Gasteiger partial charge >= 0.3 is 0 Å². The third-order valence-corrected chi connectivity index (χ3v) is 7.50. The molecule has 0 bridgehead atoms. The van der Waals surface area contributed by atoms with Crippen LogP contribution < -0.4 is 5.32 Å². The molecule has 0 aliphatic carbocycles. The molecule has 1 N–H and O–H groups in total. The zero-order chi connectivity index (χ0) is 15.7. The van der Waals surface area contributed by atoms with E-state index in [-0.39, 0.29) is 0 Å². The molecule has 0 aromatic heterocycles. The Morgan fingerprint density at radius 2 is 1.95 bits per heavy atom. The Hall–Kier alpha value is -0.470. The number of nitrogens with one attached hydrogen (secondary N) is 1. The van der Waals surface area contributed by atoms with Gasteiger partial charge in [-0.05, 0) is 31.0 Å². The van der Waals surface area contributed by atoms with Gasteiger partial charge in [0.15, 0.2) is 0 Å². The molecule has 2 fully saturated rings. The normalized spacial score (nSPS) is 24.7. The van der Waals surface area contributed by atoms with E-state index < -0.39 is 10.0 Å². The first kappa shape index (κ1) is 16.4. The van der Waals surface area contributed by atoms with Crippen LogP contribution in [0.5, 0.6) is 0 Å². The lowest BCUT2D eigenvalue weighted by Crippen LogP contribution is -2.49. The average molecular weight is 388 g/mol. The lowest BCUT2D eigenvalue weighted by Gasteiger charge is -2.32. The molecule has 2 saturated heterocycles. The molecule has 2 aliphatic rings. The molecule has 1 unspecified atom stereocenters. The maximum absolute atomic E-state index is 12.9. The van der Waals surface area contributed by atoms with Crippen LogP contribution in [-0.2, 0) is 10.0 Å². The number of hydrogen-bond acceptors (Lipinski definition) is 4. The molecule has 2 heterocycles. The molecule has 1 aromatic carbocycles. The van der Waals surface area contributed by atoms with E-state index in [4.69, 9.17) is 0 Å². The predicted molar refractivity (Wildman–Crippen MR) is 90.5 cm³/mol. The summed E-state index contributed by atoms with van der Waals surface area (Å²) in [6.45, 7) is 7.07. The van der Waals surface area contributed by atoms with Gasteiger partial charge in [-0.15, -0.1) is 0 Å². The highest BCUT2D eigenvalue weighted by atomic mass is 79.9. The van der Waals surface area contributed by atoms with Gasteiger partial charge in [0.25, 0.3) is 0 Å². The number of benzene rings is 1. The molecule has 0 radical (unpaired) electrons. The van der Waals surface area contributed by atoms with Crippen LogP contribution >= 0.6 is 15.9 Å². The first-order chi connectivity index (χ1) is 10.5. The van der Waals surface area contributed by atoms with Crippen LogP contribution in [-0.4, -0.2) is 62.9 Å². The van der Waals surface area contributed by atoms with Crippen molar-refractivity contribution >= 4 is 26.0 Å². The van der Waals surface area contributed by atoms with Gasteiger partial charge in [0.2, 0.25) is 10.0 Å². The molecule has 1 atom stereocenters. The van der Waals surface area contributed by atoms with Crippen molar-refractivity contribution in [1.82, 2.24) is 14.5 Å². The van der Waals surface area contributed by atoms with Crippen molar-refractivity contribution in [3.05, 3.63) is 28.2 Å². The van der Waals surface area contributed by atoms with Crippen LogP contribution in [0.25, 0.3) is 0 Å². The Morgan fingerprint density at radius 3 is 2.68 bits per heavy atom. The van der Waals surface area contributed by atoms with Gasteiger partial charge in [-0.2, -0.15) is 4.31 Å². The van der Waals surface area contributed by atoms with Crippen LogP contribution in [0.15, 0.2) is 27.6 Å². The van der Waals surface area contributed by atoms with Gasteiger partial charge in [-0.25, -0.2) is 8.42 Å². The fourth-order valence-electron chi connectivity index (χ4n) is 3.28. The first-order valence-electron chi connectivity index (χ1n) is 7.70. The quantitative estimate of drug-likeness (QED) is 0.851. The summed E-state index contributed by atoms with van der Waals surface area (Å²) < 4.78 is 28.3. The summed E-state index contributed by atoms with van der Waals surface area (Å²) in [7, 11) is -3.40. The van der Waals surface area contributed by atoms with E-state index in [1.54, 1.807) is 16.4 Å². The van der Waals surface area contributed by atoms with Crippen molar-refractivity contribution < 1.29 is 8.42 Å². The average Bonchev–Trinajstić information content (AvgIpc) is 3.01. The standard InChI is InChI=1S/C15H22BrN3O2S/c1-12-14(16)3-2-4-15(12)22(20,21)19-8-5-13(11-19)18-9-6-17-7-10-18/h2-4,13,17H,5-11H2,1H3. The fourth-order valence-corrected chi connectivity index (χ4v) is 5.52. The zero-order valence-electron chi connectivity index (χ0n) is 12.8. The number of piperazine rings is 1. The Kier molecular flexibility index (Phi) is 4.89. The van der Waals surface area contributed by atoms with Gasteiger partial charge in [-0.3, -0.25) is 4.90 Å². The number of nitrogens with zero attached hydrogens (tertiary/aromatic N) is 2. The van der Waals surface area contributed by atoms with Crippen molar-refractivity contribution in [2.24, 2.45) is 0 Å². The van der Waals surface area contributed by atoms with E-state index in [0.29, 0.717) is 24.0 Å². The summed E-state index contributed by atoms with van der Waals surface area (Å²) in [6.07, 6.45) is 0.923. The molecule has 2 aliphatic heterocycles. The second-order valence-electron chi connectivity index (χ2n) is 5.95. The predicted octanol–water partition coefficient (Wildman–Crippen LogP) is 1.43. The van der Waals surface area contributed by atoms with Gasteiger partial charge in [0, 0.05) is 49.8 Å². The monoisotopic (exact) mass is 387 g/mol. The Balaban J connectivity index is 1.78. The van der Waals surface area contributed by atoms with Crippen molar-refractivity contribution in [3.8, 4) is 0 Å². The van der Waals surface area contributed by atoms with Crippen LogP contribution in [0.2, 0.25) is 0 Å². The van der Waals surface area contributed by atoms with Crippen molar-refractivity contribution in [3.63, 3.8) is 0 Å². The summed E-state index contributed by atoms with van der Waals surface area (Å²) in [6, 6.07) is 5.72. The molecular formula is C15H22BrN3O2S. The second kappa shape index (κ2) is 6.57. The molecule has 7 heteroatoms.